The molecule has 0 radical (unpaired) electrons. The van der Waals surface area contributed by atoms with E-state index >= 15 is 0 Å². The zero-order valence-electron chi connectivity index (χ0n) is 13.9. The van der Waals surface area contributed by atoms with E-state index in [2.05, 4.69) is 15.4 Å². The molecule has 26 heavy (non-hydrogen) atoms. The molecule has 1 saturated heterocycles. The first-order chi connectivity index (χ1) is 12.5. The van der Waals surface area contributed by atoms with E-state index < -0.39 is 22.0 Å². The Labute approximate surface area is 151 Å². The number of anilines is 1. The number of carbonyl (C=O) groups is 2. The molecule has 2 aromatic carbocycles. The number of nitrogens with one attached hydrogen (secondary N) is 3. The van der Waals surface area contributed by atoms with Crippen molar-refractivity contribution in [3.05, 3.63) is 60.2 Å². The first kappa shape index (κ1) is 18.1. The average Bonchev–Trinajstić information content (AvgIpc) is 2.64. The normalized spacial score (nSPS) is 17.4. The molecule has 3 N–H and O–H groups in total. The summed E-state index contributed by atoms with van der Waals surface area (Å²) < 4.78 is 27.5. The minimum atomic E-state index is -3.91. The summed E-state index contributed by atoms with van der Waals surface area (Å²) in [6.07, 6.45) is 1.15. The lowest BCUT2D eigenvalue weighted by molar-refractivity contribution is -0.124. The van der Waals surface area contributed by atoms with Crippen molar-refractivity contribution < 1.29 is 18.0 Å². The molecule has 0 saturated carbocycles. The standard InChI is InChI=1S/C18H19N3O4S/c22-17(20-14-7-2-1-3-8-14)13-6-4-9-15(12-13)26(24,25)21-16-10-5-11-19-18(16)23/h1-4,6-9,12,16,21H,5,10-11H2,(H,19,23)(H,20,22)/t16-/m1/s1. The van der Waals surface area contributed by atoms with Crippen molar-refractivity contribution in [2.75, 3.05) is 11.9 Å². The quantitative estimate of drug-likeness (QED) is 0.739. The van der Waals surface area contributed by atoms with Crippen LogP contribution in [0.2, 0.25) is 0 Å². The molecule has 0 unspecified atom stereocenters. The molecule has 1 atom stereocenters. The summed E-state index contributed by atoms with van der Waals surface area (Å²) in [6, 6.07) is 13.8. The van der Waals surface area contributed by atoms with Gasteiger partial charge < -0.3 is 10.6 Å². The molecular formula is C18H19N3O4S. The molecule has 2 amide bonds. The van der Waals surface area contributed by atoms with Crippen LogP contribution in [0.5, 0.6) is 0 Å². The van der Waals surface area contributed by atoms with Gasteiger partial charge in [-0.25, -0.2) is 8.42 Å². The van der Waals surface area contributed by atoms with Crippen LogP contribution >= 0.6 is 0 Å². The summed E-state index contributed by atoms with van der Waals surface area (Å²) in [5.74, 6) is -0.749. The smallest absolute Gasteiger partial charge is 0.255 e. The number of sulfonamides is 1. The Balaban J connectivity index is 1.77. The molecule has 7 nitrogen and oxygen atoms in total. The molecule has 1 fully saturated rings. The third kappa shape index (κ3) is 4.27. The Morgan fingerprint density at radius 2 is 1.85 bits per heavy atom. The number of rotatable bonds is 5. The maximum Gasteiger partial charge on any atom is 0.255 e. The first-order valence-corrected chi connectivity index (χ1v) is 9.70. The van der Waals surface area contributed by atoms with Gasteiger partial charge in [0.2, 0.25) is 15.9 Å². The minimum absolute atomic E-state index is 0.0587. The van der Waals surface area contributed by atoms with E-state index in [0.29, 0.717) is 25.1 Å². The van der Waals surface area contributed by atoms with Gasteiger partial charge in [0.1, 0.15) is 6.04 Å². The molecule has 3 rings (SSSR count). The summed E-state index contributed by atoms with van der Waals surface area (Å²) >= 11 is 0. The Morgan fingerprint density at radius 3 is 2.58 bits per heavy atom. The zero-order chi connectivity index (χ0) is 18.6. The van der Waals surface area contributed by atoms with Gasteiger partial charge in [0, 0.05) is 17.8 Å². The van der Waals surface area contributed by atoms with Gasteiger partial charge in [-0.1, -0.05) is 24.3 Å². The summed E-state index contributed by atoms with van der Waals surface area (Å²) in [5.41, 5.74) is 0.826. The second-order valence-electron chi connectivity index (χ2n) is 5.96. The lowest BCUT2D eigenvalue weighted by Crippen LogP contribution is -2.50. The van der Waals surface area contributed by atoms with Crippen molar-refractivity contribution in [2.45, 2.75) is 23.8 Å². The number of hydrogen-bond donors (Lipinski definition) is 3. The number of benzene rings is 2. The molecule has 136 valence electrons. The molecule has 0 aromatic heterocycles. The predicted molar refractivity (Wildman–Crippen MR) is 97.2 cm³/mol. The summed E-state index contributed by atoms with van der Waals surface area (Å²) in [6.45, 7) is 0.548. The van der Waals surface area contributed by atoms with Crippen LogP contribution in [0, 0.1) is 0 Å². The molecule has 0 spiro atoms. The second-order valence-corrected chi connectivity index (χ2v) is 7.67. The van der Waals surface area contributed by atoms with Crippen LogP contribution in [-0.4, -0.2) is 32.8 Å². The highest BCUT2D eigenvalue weighted by atomic mass is 32.2. The van der Waals surface area contributed by atoms with E-state index in [-0.39, 0.29) is 16.4 Å². The van der Waals surface area contributed by atoms with E-state index in [1.54, 1.807) is 24.3 Å². The van der Waals surface area contributed by atoms with Crippen LogP contribution < -0.4 is 15.4 Å². The molecule has 2 aromatic rings. The Morgan fingerprint density at radius 1 is 1.08 bits per heavy atom. The summed E-state index contributed by atoms with van der Waals surface area (Å²) in [7, 11) is -3.91. The van der Waals surface area contributed by atoms with Crippen LogP contribution in [-0.2, 0) is 14.8 Å². The number of piperidine rings is 1. The molecule has 8 heteroatoms. The number of hydrogen-bond acceptors (Lipinski definition) is 4. The van der Waals surface area contributed by atoms with Crippen molar-refractivity contribution in [1.29, 1.82) is 0 Å². The maximum atomic E-state index is 12.6. The zero-order valence-corrected chi connectivity index (χ0v) is 14.8. The Hall–Kier alpha value is -2.71. The highest BCUT2D eigenvalue weighted by molar-refractivity contribution is 7.89. The fourth-order valence-electron chi connectivity index (χ4n) is 2.67. The van der Waals surface area contributed by atoms with E-state index in [4.69, 9.17) is 0 Å². The topological polar surface area (TPSA) is 104 Å². The number of para-hydroxylation sites is 1. The van der Waals surface area contributed by atoms with E-state index in [0.717, 1.165) is 0 Å². The lowest BCUT2D eigenvalue weighted by Gasteiger charge is -2.22. The fraction of sp³-hybridized carbons (Fsp3) is 0.222. The maximum absolute atomic E-state index is 12.6. The van der Waals surface area contributed by atoms with Gasteiger partial charge in [0.15, 0.2) is 0 Å². The van der Waals surface area contributed by atoms with Crippen LogP contribution in [0.15, 0.2) is 59.5 Å². The average molecular weight is 373 g/mol. The van der Waals surface area contributed by atoms with Crippen LogP contribution in [0.25, 0.3) is 0 Å². The van der Waals surface area contributed by atoms with Crippen molar-refractivity contribution in [3.63, 3.8) is 0 Å². The van der Waals surface area contributed by atoms with Crippen molar-refractivity contribution >= 4 is 27.5 Å². The monoisotopic (exact) mass is 373 g/mol. The molecule has 0 aliphatic carbocycles. The first-order valence-electron chi connectivity index (χ1n) is 8.22. The van der Waals surface area contributed by atoms with Gasteiger partial charge in [-0.2, -0.15) is 4.72 Å². The van der Waals surface area contributed by atoms with Gasteiger partial charge >= 0.3 is 0 Å². The largest absolute Gasteiger partial charge is 0.355 e. The van der Waals surface area contributed by atoms with E-state index in [9.17, 15) is 18.0 Å². The van der Waals surface area contributed by atoms with Crippen molar-refractivity contribution in [3.8, 4) is 0 Å². The van der Waals surface area contributed by atoms with Crippen molar-refractivity contribution in [1.82, 2.24) is 10.0 Å². The third-order valence-electron chi connectivity index (χ3n) is 4.02. The summed E-state index contributed by atoms with van der Waals surface area (Å²) in [5, 5.41) is 5.34. The second kappa shape index (κ2) is 7.67. The van der Waals surface area contributed by atoms with Gasteiger partial charge in [-0.05, 0) is 43.2 Å². The number of amides is 2. The van der Waals surface area contributed by atoms with Crippen molar-refractivity contribution in [2.24, 2.45) is 0 Å². The van der Waals surface area contributed by atoms with Crippen LogP contribution in [0.3, 0.4) is 0 Å². The summed E-state index contributed by atoms with van der Waals surface area (Å²) in [4.78, 5) is 24.1. The fourth-order valence-corrected chi connectivity index (χ4v) is 3.94. The van der Waals surface area contributed by atoms with Gasteiger partial charge in [0.25, 0.3) is 5.91 Å². The van der Waals surface area contributed by atoms with Crippen LogP contribution in [0.1, 0.15) is 23.2 Å². The van der Waals surface area contributed by atoms with Crippen LogP contribution in [0.4, 0.5) is 5.69 Å². The third-order valence-corrected chi connectivity index (χ3v) is 5.49. The molecular weight excluding hydrogens is 354 g/mol. The molecule has 1 heterocycles. The lowest BCUT2D eigenvalue weighted by atomic mass is 10.1. The Kier molecular flexibility index (Phi) is 5.34. The van der Waals surface area contributed by atoms with E-state index in [1.165, 1.54) is 24.3 Å². The highest BCUT2D eigenvalue weighted by Crippen LogP contribution is 2.15. The van der Waals surface area contributed by atoms with Gasteiger partial charge in [-0.3, -0.25) is 9.59 Å². The minimum Gasteiger partial charge on any atom is -0.355 e. The van der Waals surface area contributed by atoms with E-state index in [1.807, 2.05) is 6.07 Å². The van der Waals surface area contributed by atoms with Gasteiger partial charge in [-0.15, -0.1) is 0 Å². The predicted octanol–water partition coefficient (Wildman–Crippen LogP) is 1.50. The number of carbonyl (C=O) groups excluding carboxylic acids is 2. The SMILES string of the molecule is O=C(Nc1ccccc1)c1cccc(S(=O)(=O)N[C@@H]2CCCNC2=O)c1. The molecule has 0 bridgehead atoms. The van der Waals surface area contributed by atoms with Gasteiger partial charge in [0.05, 0.1) is 4.90 Å². The molecule has 1 aliphatic heterocycles. The Bertz CT molecular complexity index is 913. The molecule has 1 aliphatic rings. The highest BCUT2D eigenvalue weighted by Gasteiger charge is 2.28.